The molecule has 0 aromatic carbocycles. The maximum atomic E-state index is 11.3. The molecule has 0 heterocycles. The van der Waals surface area contributed by atoms with Crippen molar-refractivity contribution in [1.29, 1.82) is 0 Å². The van der Waals surface area contributed by atoms with Gasteiger partial charge >= 0.3 is 5.97 Å². The number of hydroxylamine groups is 1. The first-order chi connectivity index (χ1) is 6.84. The van der Waals surface area contributed by atoms with E-state index in [0.717, 1.165) is 0 Å². The van der Waals surface area contributed by atoms with E-state index in [-0.39, 0.29) is 12.3 Å². The van der Waals surface area contributed by atoms with Gasteiger partial charge in [0.1, 0.15) is 0 Å². The lowest BCUT2D eigenvalue weighted by atomic mass is 9.76. The second-order valence-corrected chi connectivity index (χ2v) is 4.01. The van der Waals surface area contributed by atoms with Crippen molar-refractivity contribution in [1.82, 2.24) is 5.48 Å². The highest BCUT2D eigenvalue weighted by Gasteiger charge is 2.38. The van der Waals surface area contributed by atoms with Crippen molar-refractivity contribution in [2.24, 2.45) is 11.3 Å². The maximum absolute atomic E-state index is 11.3. The fourth-order valence-electron chi connectivity index (χ4n) is 1.05. The first-order valence-corrected chi connectivity index (χ1v) is 4.98. The van der Waals surface area contributed by atoms with Crippen LogP contribution in [-0.2, 0) is 14.4 Å². The number of carbonyl (C=O) groups is 2. The van der Waals surface area contributed by atoms with E-state index >= 15 is 0 Å². The van der Waals surface area contributed by atoms with Crippen LogP contribution in [0, 0.1) is 11.3 Å². The zero-order valence-corrected chi connectivity index (χ0v) is 9.66. The Morgan fingerprint density at radius 3 is 2.33 bits per heavy atom. The van der Waals surface area contributed by atoms with E-state index in [2.05, 4.69) is 5.48 Å². The normalized spacial score (nSPS) is 14.7. The number of hydrogen-bond acceptors (Lipinski definition) is 3. The molecule has 0 rings (SSSR count). The van der Waals surface area contributed by atoms with Gasteiger partial charge in [0.15, 0.2) is 0 Å². The molecule has 0 bridgehead atoms. The van der Waals surface area contributed by atoms with Crippen molar-refractivity contribution < 1.29 is 19.5 Å². The van der Waals surface area contributed by atoms with E-state index in [4.69, 9.17) is 9.94 Å². The van der Waals surface area contributed by atoms with Gasteiger partial charge in [-0.2, -0.15) is 0 Å². The van der Waals surface area contributed by atoms with Gasteiger partial charge in [-0.05, 0) is 19.8 Å². The molecular formula is C10H19NO4. The number of hydrogen-bond donors (Lipinski definition) is 2. The van der Waals surface area contributed by atoms with Crippen LogP contribution in [0.5, 0.6) is 0 Å². The van der Waals surface area contributed by atoms with Crippen molar-refractivity contribution in [2.45, 2.75) is 34.1 Å². The van der Waals surface area contributed by atoms with E-state index in [1.54, 1.807) is 27.7 Å². The van der Waals surface area contributed by atoms with Crippen molar-refractivity contribution in [3.63, 3.8) is 0 Å². The Morgan fingerprint density at radius 2 is 2.00 bits per heavy atom. The minimum atomic E-state index is -1.05. The van der Waals surface area contributed by atoms with Crippen molar-refractivity contribution in [3.05, 3.63) is 0 Å². The van der Waals surface area contributed by atoms with Gasteiger partial charge < -0.3 is 5.11 Å². The Hall–Kier alpha value is -1.10. The van der Waals surface area contributed by atoms with E-state index < -0.39 is 17.3 Å². The van der Waals surface area contributed by atoms with Crippen LogP contribution in [0.15, 0.2) is 0 Å². The molecule has 0 saturated heterocycles. The first-order valence-electron chi connectivity index (χ1n) is 4.98. The van der Waals surface area contributed by atoms with Gasteiger partial charge in [0.2, 0.25) is 5.91 Å². The van der Waals surface area contributed by atoms with Gasteiger partial charge in [-0.3, -0.25) is 14.4 Å². The second kappa shape index (κ2) is 5.70. The highest BCUT2D eigenvalue weighted by atomic mass is 16.6. The van der Waals surface area contributed by atoms with Crippen LogP contribution in [-0.4, -0.2) is 23.6 Å². The SMILES string of the molecule is CCONC(=O)CC(C)(C(=O)O)C(C)C. The highest BCUT2D eigenvalue weighted by molar-refractivity contribution is 5.84. The summed E-state index contributed by atoms with van der Waals surface area (Å²) in [4.78, 5) is 27.1. The lowest BCUT2D eigenvalue weighted by Gasteiger charge is -2.28. The fourth-order valence-corrected chi connectivity index (χ4v) is 1.05. The van der Waals surface area contributed by atoms with Crippen LogP contribution in [0.1, 0.15) is 34.1 Å². The summed E-state index contributed by atoms with van der Waals surface area (Å²) < 4.78 is 0. The minimum Gasteiger partial charge on any atom is -0.481 e. The molecule has 0 spiro atoms. The summed E-state index contributed by atoms with van der Waals surface area (Å²) in [7, 11) is 0. The number of amides is 1. The summed E-state index contributed by atoms with van der Waals surface area (Å²) in [6.45, 7) is 7.21. The Balaban J connectivity index is 4.43. The molecule has 1 atom stereocenters. The van der Waals surface area contributed by atoms with Gasteiger partial charge in [-0.25, -0.2) is 5.48 Å². The Labute approximate surface area is 89.8 Å². The number of carboxylic acids is 1. The van der Waals surface area contributed by atoms with Crippen LogP contribution in [0.2, 0.25) is 0 Å². The molecule has 15 heavy (non-hydrogen) atoms. The third-order valence-corrected chi connectivity index (χ3v) is 2.62. The van der Waals surface area contributed by atoms with E-state index in [9.17, 15) is 9.59 Å². The zero-order chi connectivity index (χ0) is 12.1. The minimum absolute atomic E-state index is 0.0833. The maximum Gasteiger partial charge on any atom is 0.310 e. The second-order valence-electron chi connectivity index (χ2n) is 4.01. The molecule has 1 amide bonds. The standard InChI is InChI=1S/C10H19NO4/c1-5-15-11-8(12)6-10(4,7(2)3)9(13)14/h7H,5-6H2,1-4H3,(H,11,12)(H,13,14). The molecule has 0 aliphatic rings. The fraction of sp³-hybridized carbons (Fsp3) is 0.800. The molecule has 0 radical (unpaired) electrons. The smallest absolute Gasteiger partial charge is 0.310 e. The number of carboxylic acid groups (broad SMARTS) is 1. The third-order valence-electron chi connectivity index (χ3n) is 2.62. The number of rotatable bonds is 6. The lowest BCUT2D eigenvalue weighted by molar-refractivity contribution is -0.155. The quantitative estimate of drug-likeness (QED) is 0.655. The molecule has 0 fully saturated rings. The monoisotopic (exact) mass is 217 g/mol. The molecule has 2 N–H and O–H groups in total. The predicted molar refractivity (Wildman–Crippen MR) is 55.0 cm³/mol. The molecular weight excluding hydrogens is 198 g/mol. The van der Waals surface area contributed by atoms with Gasteiger partial charge in [-0.15, -0.1) is 0 Å². The van der Waals surface area contributed by atoms with Crippen LogP contribution in [0.3, 0.4) is 0 Å². The molecule has 0 aromatic heterocycles. The average Bonchev–Trinajstić information content (AvgIpc) is 2.13. The summed E-state index contributed by atoms with van der Waals surface area (Å²) in [5.41, 5.74) is 1.14. The molecule has 0 aliphatic carbocycles. The molecule has 0 aliphatic heterocycles. The van der Waals surface area contributed by atoms with Crippen molar-refractivity contribution >= 4 is 11.9 Å². The van der Waals surface area contributed by atoms with Crippen LogP contribution >= 0.6 is 0 Å². The van der Waals surface area contributed by atoms with Crippen molar-refractivity contribution in [2.75, 3.05) is 6.61 Å². The number of aliphatic carboxylic acids is 1. The van der Waals surface area contributed by atoms with Gasteiger partial charge in [0, 0.05) is 6.42 Å². The Bertz CT molecular complexity index is 240. The van der Waals surface area contributed by atoms with Gasteiger partial charge in [0.05, 0.1) is 12.0 Å². The number of carbonyl (C=O) groups excluding carboxylic acids is 1. The molecule has 0 saturated carbocycles. The Morgan fingerprint density at radius 1 is 1.47 bits per heavy atom. The van der Waals surface area contributed by atoms with Crippen molar-refractivity contribution in [3.8, 4) is 0 Å². The zero-order valence-electron chi connectivity index (χ0n) is 9.66. The average molecular weight is 217 g/mol. The Kier molecular flexibility index (Phi) is 5.28. The molecule has 88 valence electrons. The predicted octanol–water partition coefficient (Wildman–Crippen LogP) is 1.19. The molecule has 5 heteroatoms. The summed E-state index contributed by atoms with van der Waals surface area (Å²) in [6, 6.07) is 0. The lowest BCUT2D eigenvalue weighted by Crippen LogP contribution is -2.39. The summed E-state index contributed by atoms with van der Waals surface area (Å²) in [5, 5.41) is 9.06. The first kappa shape index (κ1) is 13.9. The largest absolute Gasteiger partial charge is 0.481 e. The molecule has 5 nitrogen and oxygen atoms in total. The van der Waals surface area contributed by atoms with Gasteiger partial charge in [-0.1, -0.05) is 13.8 Å². The highest BCUT2D eigenvalue weighted by Crippen LogP contribution is 2.31. The van der Waals surface area contributed by atoms with E-state index in [0.29, 0.717) is 6.61 Å². The van der Waals surface area contributed by atoms with E-state index in [1.165, 1.54) is 0 Å². The van der Waals surface area contributed by atoms with Crippen LogP contribution in [0.25, 0.3) is 0 Å². The van der Waals surface area contributed by atoms with Crippen LogP contribution in [0.4, 0.5) is 0 Å². The summed E-state index contributed by atoms with van der Waals surface area (Å²) in [6.07, 6.45) is -0.0833. The third kappa shape index (κ3) is 3.87. The van der Waals surface area contributed by atoms with Gasteiger partial charge in [0.25, 0.3) is 0 Å². The van der Waals surface area contributed by atoms with Crippen LogP contribution < -0.4 is 5.48 Å². The number of nitrogens with one attached hydrogen (secondary N) is 1. The summed E-state index contributed by atoms with van der Waals surface area (Å²) >= 11 is 0. The molecule has 1 unspecified atom stereocenters. The van der Waals surface area contributed by atoms with E-state index in [1.807, 2.05) is 0 Å². The topological polar surface area (TPSA) is 75.6 Å². The summed E-state index contributed by atoms with van der Waals surface area (Å²) in [5.74, 6) is -1.50. The molecule has 0 aromatic rings.